The molecule has 0 radical (unpaired) electrons. The van der Waals surface area contributed by atoms with Gasteiger partial charge in [0.25, 0.3) is 0 Å². The molecule has 0 aliphatic rings. The number of hydrogen-bond donors (Lipinski definition) is 0. The lowest BCUT2D eigenvalue weighted by molar-refractivity contribution is -0.134. The van der Waals surface area contributed by atoms with Gasteiger partial charge >= 0.3 is 5.97 Å². The number of hydrogen-bond acceptors (Lipinski definition) is 4. The molecule has 0 saturated carbocycles. The molecule has 0 aliphatic heterocycles. The Morgan fingerprint density at radius 3 is 2.48 bits per heavy atom. The zero-order chi connectivity index (χ0) is 22.2. The van der Waals surface area contributed by atoms with Gasteiger partial charge < -0.3 is 9.47 Å². The molecule has 0 fully saturated rings. The zero-order valence-corrected chi connectivity index (χ0v) is 19.1. The Morgan fingerprint density at radius 2 is 1.77 bits per heavy atom. The molecule has 168 valence electrons. The van der Waals surface area contributed by atoms with Gasteiger partial charge in [0.15, 0.2) is 0 Å². The first kappa shape index (κ1) is 24.8. The van der Waals surface area contributed by atoms with Crippen LogP contribution >= 0.6 is 0 Å². The lowest BCUT2D eigenvalue weighted by Gasteiger charge is -2.07. The Morgan fingerprint density at radius 1 is 0.935 bits per heavy atom. The van der Waals surface area contributed by atoms with Gasteiger partial charge in [-0.15, -0.1) is 0 Å². The van der Waals surface area contributed by atoms with Gasteiger partial charge in [-0.2, -0.15) is 0 Å². The van der Waals surface area contributed by atoms with Crippen LogP contribution in [0.5, 0.6) is 5.75 Å². The van der Waals surface area contributed by atoms with E-state index < -0.39 is 0 Å². The van der Waals surface area contributed by atoms with E-state index in [1.165, 1.54) is 18.4 Å². The summed E-state index contributed by atoms with van der Waals surface area (Å²) in [5.74, 6) is 0.290. The van der Waals surface area contributed by atoms with Gasteiger partial charge in [-0.3, -0.25) is 9.78 Å². The molecule has 2 rings (SSSR count). The van der Waals surface area contributed by atoms with Crippen LogP contribution in [0, 0.1) is 0 Å². The minimum Gasteiger partial charge on any atom is -0.425 e. The SMILES string of the molecule is CCC=CCCCC(=O)Oc1ccc(-c2ccc(CCCCCOCCC)cc2)nc1. The number of benzene rings is 1. The molecular weight excluding hydrogens is 386 g/mol. The van der Waals surface area contributed by atoms with Crippen molar-refractivity contribution in [3.05, 3.63) is 60.3 Å². The van der Waals surface area contributed by atoms with Gasteiger partial charge in [-0.25, -0.2) is 0 Å². The predicted molar refractivity (Wildman–Crippen MR) is 127 cm³/mol. The van der Waals surface area contributed by atoms with Gasteiger partial charge in [0.2, 0.25) is 0 Å². The molecule has 4 nitrogen and oxygen atoms in total. The van der Waals surface area contributed by atoms with E-state index in [1.54, 1.807) is 6.20 Å². The molecule has 1 heterocycles. The van der Waals surface area contributed by atoms with Crippen LogP contribution in [0.4, 0.5) is 0 Å². The van der Waals surface area contributed by atoms with Crippen molar-refractivity contribution < 1.29 is 14.3 Å². The van der Waals surface area contributed by atoms with E-state index in [-0.39, 0.29) is 5.97 Å². The Hall–Kier alpha value is -2.46. The number of rotatable bonds is 15. The minimum atomic E-state index is -0.208. The third kappa shape index (κ3) is 10.4. The molecule has 1 aromatic heterocycles. The molecule has 0 atom stereocenters. The van der Waals surface area contributed by atoms with E-state index in [0.29, 0.717) is 12.2 Å². The fraction of sp³-hybridized carbons (Fsp3) is 0.481. The maximum absolute atomic E-state index is 11.9. The maximum atomic E-state index is 11.9. The Balaban J connectivity index is 1.73. The Bertz CT molecular complexity index is 766. The summed E-state index contributed by atoms with van der Waals surface area (Å²) in [4.78, 5) is 16.4. The molecule has 31 heavy (non-hydrogen) atoms. The van der Waals surface area contributed by atoms with E-state index in [4.69, 9.17) is 9.47 Å². The number of nitrogens with zero attached hydrogens (tertiary/aromatic N) is 1. The molecule has 0 bridgehead atoms. The standard InChI is InChI=1S/C27H37NO3/c1-3-5-6-7-10-13-27(29)31-25-18-19-26(28-22-25)24-16-14-23(15-17-24)12-9-8-11-21-30-20-4-2/h5-6,14-19,22H,3-4,7-13,20-21H2,1-2H3. The van der Waals surface area contributed by atoms with Crippen molar-refractivity contribution in [3.63, 3.8) is 0 Å². The quantitative estimate of drug-likeness (QED) is 0.177. The number of esters is 1. The van der Waals surface area contributed by atoms with Crippen LogP contribution in [0.2, 0.25) is 0 Å². The van der Waals surface area contributed by atoms with Crippen molar-refractivity contribution in [2.75, 3.05) is 13.2 Å². The third-order valence-electron chi connectivity index (χ3n) is 4.97. The second-order valence-electron chi connectivity index (χ2n) is 7.75. The fourth-order valence-corrected chi connectivity index (χ4v) is 3.24. The predicted octanol–water partition coefficient (Wildman–Crippen LogP) is 6.93. The van der Waals surface area contributed by atoms with Crippen molar-refractivity contribution in [1.82, 2.24) is 4.98 Å². The number of unbranched alkanes of at least 4 members (excludes halogenated alkanes) is 3. The number of carbonyl (C=O) groups excluding carboxylic acids is 1. The third-order valence-corrected chi connectivity index (χ3v) is 4.97. The van der Waals surface area contributed by atoms with Crippen LogP contribution in [-0.4, -0.2) is 24.2 Å². The van der Waals surface area contributed by atoms with Gasteiger partial charge in [0.1, 0.15) is 5.75 Å². The average Bonchev–Trinajstić information content (AvgIpc) is 2.79. The van der Waals surface area contributed by atoms with Crippen molar-refractivity contribution in [2.45, 2.75) is 71.6 Å². The summed E-state index contributed by atoms with van der Waals surface area (Å²) in [6.45, 7) is 5.98. The number of pyridine rings is 1. The highest BCUT2D eigenvalue weighted by Crippen LogP contribution is 2.21. The van der Waals surface area contributed by atoms with E-state index >= 15 is 0 Å². The second-order valence-corrected chi connectivity index (χ2v) is 7.75. The number of allylic oxidation sites excluding steroid dienone is 2. The van der Waals surface area contributed by atoms with Crippen molar-refractivity contribution >= 4 is 5.97 Å². The molecule has 0 N–H and O–H groups in total. The highest BCUT2D eigenvalue weighted by Gasteiger charge is 2.06. The van der Waals surface area contributed by atoms with E-state index in [9.17, 15) is 4.79 Å². The molecule has 1 aromatic carbocycles. The zero-order valence-electron chi connectivity index (χ0n) is 19.1. The summed E-state index contributed by atoms with van der Waals surface area (Å²) in [6, 6.07) is 12.3. The van der Waals surface area contributed by atoms with Gasteiger partial charge in [-0.05, 0) is 62.6 Å². The summed E-state index contributed by atoms with van der Waals surface area (Å²) in [7, 11) is 0. The van der Waals surface area contributed by atoms with Crippen LogP contribution in [0.25, 0.3) is 11.3 Å². The van der Waals surface area contributed by atoms with E-state index in [1.807, 2.05) is 12.1 Å². The second kappa shape index (κ2) is 15.4. The number of carbonyl (C=O) groups is 1. The molecule has 0 unspecified atom stereocenters. The summed E-state index contributed by atoms with van der Waals surface area (Å²) in [6.07, 6.45) is 14.7. The first-order valence-corrected chi connectivity index (χ1v) is 11.7. The largest absolute Gasteiger partial charge is 0.425 e. The summed E-state index contributed by atoms with van der Waals surface area (Å²) in [5.41, 5.74) is 3.29. The lowest BCUT2D eigenvalue weighted by atomic mass is 10.0. The van der Waals surface area contributed by atoms with Crippen LogP contribution in [0.15, 0.2) is 54.7 Å². The van der Waals surface area contributed by atoms with E-state index in [0.717, 1.165) is 63.0 Å². The van der Waals surface area contributed by atoms with Crippen LogP contribution in [0.3, 0.4) is 0 Å². The number of aromatic nitrogens is 1. The Labute approximate surface area is 187 Å². The van der Waals surface area contributed by atoms with Gasteiger partial charge in [-0.1, -0.05) is 56.7 Å². The normalized spacial score (nSPS) is 11.2. The van der Waals surface area contributed by atoms with Crippen molar-refractivity contribution in [2.24, 2.45) is 0 Å². The topological polar surface area (TPSA) is 48.4 Å². The number of ether oxygens (including phenoxy) is 2. The molecule has 0 saturated heterocycles. The maximum Gasteiger partial charge on any atom is 0.311 e. The van der Waals surface area contributed by atoms with Gasteiger partial charge in [0, 0.05) is 25.2 Å². The molecule has 0 amide bonds. The van der Waals surface area contributed by atoms with E-state index in [2.05, 4.69) is 55.2 Å². The highest BCUT2D eigenvalue weighted by molar-refractivity contribution is 5.72. The highest BCUT2D eigenvalue weighted by atomic mass is 16.5. The summed E-state index contributed by atoms with van der Waals surface area (Å²) >= 11 is 0. The minimum absolute atomic E-state index is 0.208. The smallest absolute Gasteiger partial charge is 0.311 e. The first-order valence-electron chi connectivity index (χ1n) is 11.7. The van der Waals surface area contributed by atoms with Crippen LogP contribution < -0.4 is 4.74 Å². The Kier molecular flexibility index (Phi) is 12.3. The van der Waals surface area contributed by atoms with Crippen LogP contribution in [0.1, 0.15) is 70.8 Å². The average molecular weight is 424 g/mol. The van der Waals surface area contributed by atoms with Crippen LogP contribution in [-0.2, 0) is 16.0 Å². The molecule has 0 spiro atoms. The molecule has 4 heteroatoms. The fourth-order valence-electron chi connectivity index (χ4n) is 3.24. The molecular formula is C27H37NO3. The number of aryl methyl sites for hydroxylation is 1. The van der Waals surface area contributed by atoms with Crippen molar-refractivity contribution in [3.8, 4) is 17.0 Å². The summed E-state index contributed by atoms with van der Waals surface area (Å²) in [5, 5.41) is 0. The molecule has 0 aliphatic carbocycles. The monoisotopic (exact) mass is 423 g/mol. The molecule has 2 aromatic rings. The first-order chi connectivity index (χ1) is 15.2. The lowest BCUT2D eigenvalue weighted by Crippen LogP contribution is -2.07. The van der Waals surface area contributed by atoms with Crippen molar-refractivity contribution in [1.29, 1.82) is 0 Å². The summed E-state index contributed by atoms with van der Waals surface area (Å²) < 4.78 is 10.9. The van der Waals surface area contributed by atoms with Gasteiger partial charge in [0.05, 0.1) is 11.9 Å².